The Morgan fingerprint density at radius 2 is 1.43 bits per heavy atom. The van der Waals surface area contributed by atoms with E-state index in [1.54, 1.807) is 6.07 Å². The van der Waals surface area contributed by atoms with Crippen LogP contribution in [-0.4, -0.2) is 13.9 Å². The number of rotatable bonds is 1. The van der Waals surface area contributed by atoms with Gasteiger partial charge in [0, 0.05) is 16.7 Å². The van der Waals surface area contributed by atoms with E-state index >= 15 is 0 Å². The molecule has 0 aliphatic rings. The average Bonchev–Trinajstić information content (AvgIpc) is 2.51. The van der Waals surface area contributed by atoms with Crippen LogP contribution < -0.4 is 0 Å². The van der Waals surface area contributed by atoms with Crippen molar-refractivity contribution in [2.24, 2.45) is 0 Å². The Morgan fingerprint density at radius 1 is 0.870 bits per heavy atom. The Morgan fingerprint density at radius 3 is 2.09 bits per heavy atom. The number of benzene rings is 2. The fraction of sp³-hybridized carbons (Fsp3) is 0.190. The minimum atomic E-state index is -1.57. The number of carbonyl (C=O) groups is 1. The van der Waals surface area contributed by atoms with Crippen LogP contribution in [-0.2, 0) is 0 Å². The summed E-state index contributed by atoms with van der Waals surface area (Å²) in [6.45, 7) is 8.39. The van der Waals surface area contributed by atoms with Gasteiger partial charge in [-0.05, 0) is 36.6 Å². The molecule has 1 nitrogen and oxygen atoms in total. The molecule has 0 spiro atoms. The van der Waals surface area contributed by atoms with Crippen LogP contribution in [0, 0.1) is 30.2 Å². The zero-order valence-electron chi connectivity index (χ0n) is 14.0. The van der Waals surface area contributed by atoms with Crippen molar-refractivity contribution < 1.29 is 4.79 Å². The van der Waals surface area contributed by atoms with Crippen LogP contribution in [0.5, 0.6) is 0 Å². The van der Waals surface area contributed by atoms with Crippen molar-refractivity contribution in [1.29, 1.82) is 0 Å². The van der Waals surface area contributed by atoms with E-state index in [0.717, 1.165) is 16.7 Å². The molecule has 2 aromatic carbocycles. The van der Waals surface area contributed by atoms with Crippen molar-refractivity contribution in [3.05, 3.63) is 70.8 Å². The molecular formula is C21H20OSi. The van der Waals surface area contributed by atoms with Crippen LogP contribution in [0.4, 0.5) is 0 Å². The lowest BCUT2D eigenvalue weighted by molar-refractivity contribution is 0.105. The first-order valence-electron chi connectivity index (χ1n) is 7.61. The second-order valence-corrected chi connectivity index (χ2v) is 11.2. The highest BCUT2D eigenvalue weighted by atomic mass is 28.3. The van der Waals surface area contributed by atoms with E-state index in [1.807, 2.05) is 49.4 Å². The Labute approximate surface area is 139 Å². The molecule has 2 heteroatoms. The molecule has 0 N–H and O–H groups in total. The third-order valence-corrected chi connectivity index (χ3v) is 4.07. The third-order valence-electron chi connectivity index (χ3n) is 3.20. The predicted molar refractivity (Wildman–Crippen MR) is 99.1 cm³/mol. The molecule has 0 aromatic heterocycles. The first-order valence-corrected chi connectivity index (χ1v) is 11.1. The standard InChI is InChI=1S/C21H20OSi/c1-17-9-5-6-10-18(17)13-14-19-11-7-8-12-20(19)21(22)15-16-23(2,3)4/h5-12H,1-4H3. The number of hydrogen-bond donors (Lipinski definition) is 0. The van der Waals surface area contributed by atoms with E-state index in [0.29, 0.717) is 5.56 Å². The minimum absolute atomic E-state index is 0.151. The molecule has 0 saturated heterocycles. The van der Waals surface area contributed by atoms with Gasteiger partial charge in [0.05, 0.1) is 0 Å². The van der Waals surface area contributed by atoms with Crippen molar-refractivity contribution in [3.8, 4) is 23.3 Å². The van der Waals surface area contributed by atoms with Gasteiger partial charge in [0.2, 0.25) is 5.78 Å². The summed E-state index contributed by atoms with van der Waals surface area (Å²) in [5.74, 6) is 8.92. The summed E-state index contributed by atoms with van der Waals surface area (Å²) in [6, 6.07) is 15.4. The topological polar surface area (TPSA) is 17.1 Å². The summed E-state index contributed by atoms with van der Waals surface area (Å²) < 4.78 is 0. The van der Waals surface area contributed by atoms with E-state index in [4.69, 9.17) is 0 Å². The summed E-state index contributed by atoms with van der Waals surface area (Å²) in [5, 5.41) is 0. The van der Waals surface area contributed by atoms with E-state index in [1.165, 1.54) is 0 Å². The molecule has 2 aromatic rings. The van der Waals surface area contributed by atoms with Gasteiger partial charge in [-0.1, -0.05) is 61.8 Å². The van der Waals surface area contributed by atoms with Crippen LogP contribution in [0.1, 0.15) is 27.0 Å². The van der Waals surface area contributed by atoms with Crippen LogP contribution in [0.3, 0.4) is 0 Å². The van der Waals surface area contributed by atoms with Gasteiger partial charge in [0.15, 0.2) is 0 Å². The molecule has 0 aliphatic heterocycles. The van der Waals surface area contributed by atoms with Gasteiger partial charge in [-0.15, -0.1) is 5.54 Å². The van der Waals surface area contributed by atoms with E-state index in [-0.39, 0.29) is 5.78 Å². The van der Waals surface area contributed by atoms with E-state index < -0.39 is 8.07 Å². The molecule has 2 rings (SSSR count). The van der Waals surface area contributed by atoms with Crippen LogP contribution in [0.15, 0.2) is 48.5 Å². The predicted octanol–water partition coefficient (Wildman–Crippen LogP) is 4.46. The van der Waals surface area contributed by atoms with Gasteiger partial charge in [-0.3, -0.25) is 4.79 Å². The fourth-order valence-corrected chi connectivity index (χ4v) is 2.44. The lowest BCUT2D eigenvalue weighted by Crippen LogP contribution is -2.17. The highest BCUT2D eigenvalue weighted by molar-refractivity contribution is 6.84. The quantitative estimate of drug-likeness (QED) is 0.431. The summed E-state index contributed by atoms with van der Waals surface area (Å²) in [7, 11) is -1.57. The fourth-order valence-electron chi connectivity index (χ4n) is 1.95. The van der Waals surface area contributed by atoms with E-state index in [9.17, 15) is 4.79 Å². The monoisotopic (exact) mass is 316 g/mol. The molecule has 23 heavy (non-hydrogen) atoms. The molecule has 0 aliphatic carbocycles. The molecule has 0 radical (unpaired) electrons. The number of hydrogen-bond acceptors (Lipinski definition) is 1. The van der Waals surface area contributed by atoms with Crippen molar-refractivity contribution in [2.75, 3.05) is 0 Å². The molecule has 0 heterocycles. The van der Waals surface area contributed by atoms with Gasteiger partial charge in [-0.2, -0.15) is 0 Å². The number of Topliss-reactive ketones (excluding diaryl/α,β-unsaturated/α-hetero) is 1. The lowest BCUT2D eigenvalue weighted by Gasteiger charge is -2.03. The van der Waals surface area contributed by atoms with Crippen molar-refractivity contribution in [1.82, 2.24) is 0 Å². The molecule has 114 valence electrons. The Bertz CT molecular complexity index is 849. The smallest absolute Gasteiger partial charge is 0.236 e. The first kappa shape index (κ1) is 16.8. The first-order chi connectivity index (χ1) is 10.9. The Kier molecular flexibility index (Phi) is 5.22. The SMILES string of the molecule is Cc1ccccc1C#Cc1ccccc1C(=O)C#C[Si](C)(C)C. The second kappa shape index (κ2) is 7.14. The molecule has 0 saturated carbocycles. The number of aryl methyl sites for hydroxylation is 1. The summed E-state index contributed by atoms with van der Waals surface area (Å²) in [4.78, 5) is 12.4. The molecule has 0 bridgehead atoms. The van der Waals surface area contributed by atoms with Crippen molar-refractivity contribution in [3.63, 3.8) is 0 Å². The normalized spacial score (nSPS) is 10.1. The molecule has 0 fully saturated rings. The lowest BCUT2D eigenvalue weighted by atomic mass is 10.0. The second-order valence-electron chi connectivity index (χ2n) is 6.44. The zero-order valence-corrected chi connectivity index (χ0v) is 15.0. The van der Waals surface area contributed by atoms with Gasteiger partial charge >= 0.3 is 0 Å². The molecule has 0 atom stereocenters. The minimum Gasteiger partial charge on any atom is -0.279 e. The number of carbonyl (C=O) groups excluding carboxylic acids is 1. The molecular weight excluding hydrogens is 296 g/mol. The van der Waals surface area contributed by atoms with Gasteiger partial charge in [0.25, 0.3) is 0 Å². The van der Waals surface area contributed by atoms with Crippen molar-refractivity contribution >= 4 is 13.9 Å². The van der Waals surface area contributed by atoms with Crippen LogP contribution >= 0.6 is 0 Å². The molecule has 0 amide bonds. The van der Waals surface area contributed by atoms with Gasteiger partial charge in [0.1, 0.15) is 8.07 Å². The summed E-state index contributed by atoms with van der Waals surface area (Å²) in [6.07, 6.45) is 0. The van der Waals surface area contributed by atoms with Gasteiger partial charge < -0.3 is 0 Å². The van der Waals surface area contributed by atoms with E-state index in [2.05, 4.69) is 42.9 Å². The maximum atomic E-state index is 12.4. The van der Waals surface area contributed by atoms with Crippen LogP contribution in [0.25, 0.3) is 0 Å². The van der Waals surface area contributed by atoms with Gasteiger partial charge in [-0.25, -0.2) is 0 Å². The maximum Gasteiger partial charge on any atom is 0.236 e. The summed E-state index contributed by atoms with van der Waals surface area (Å²) in [5.41, 5.74) is 6.53. The number of ketones is 1. The summed E-state index contributed by atoms with van der Waals surface area (Å²) >= 11 is 0. The Balaban J connectivity index is 2.38. The Hall–Kier alpha value is -2.55. The highest BCUT2D eigenvalue weighted by Crippen LogP contribution is 2.10. The third kappa shape index (κ3) is 4.99. The van der Waals surface area contributed by atoms with Crippen molar-refractivity contribution in [2.45, 2.75) is 26.6 Å². The molecule has 0 unspecified atom stereocenters. The maximum absolute atomic E-state index is 12.4. The highest BCUT2D eigenvalue weighted by Gasteiger charge is 2.11. The van der Waals surface area contributed by atoms with Crippen LogP contribution in [0.2, 0.25) is 19.6 Å². The average molecular weight is 316 g/mol. The zero-order chi connectivity index (χ0) is 16.9. The largest absolute Gasteiger partial charge is 0.279 e.